The highest BCUT2D eigenvalue weighted by atomic mass is 79.9. The summed E-state index contributed by atoms with van der Waals surface area (Å²) >= 11 is 3.41. The minimum atomic E-state index is -0.450. The Hall–Kier alpha value is -3.65. The zero-order valence-corrected chi connectivity index (χ0v) is 17.9. The number of carbonyl (C=O) groups excluding carboxylic acids is 1. The zero-order chi connectivity index (χ0) is 22.0. The van der Waals surface area contributed by atoms with Gasteiger partial charge in [-0.25, -0.2) is 0 Å². The van der Waals surface area contributed by atoms with Crippen LogP contribution in [-0.4, -0.2) is 17.8 Å². The average Bonchev–Trinajstić information content (AvgIpc) is 3.07. The van der Waals surface area contributed by atoms with Crippen LogP contribution in [0.25, 0.3) is 6.08 Å². The SMILES string of the molecule is COc1ccc(Br)cc1C=C1Oc2cc(OCc3ccc([N+](=O)[O-])cc3)ccc2C1=O. The van der Waals surface area contributed by atoms with Gasteiger partial charge in [-0.1, -0.05) is 15.9 Å². The fourth-order valence-electron chi connectivity index (χ4n) is 3.10. The van der Waals surface area contributed by atoms with Crippen LogP contribution >= 0.6 is 15.9 Å². The zero-order valence-electron chi connectivity index (χ0n) is 16.3. The van der Waals surface area contributed by atoms with Gasteiger partial charge in [0.1, 0.15) is 23.9 Å². The summed E-state index contributed by atoms with van der Waals surface area (Å²) in [7, 11) is 1.56. The number of halogens is 1. The molecule has 0 spiro atoms. The van der Waals surface area contributed by atoms with Gasteiger partial charge >= 0.3 is 0 Å². The molecular formula is C23H16BrNO6. The van der Waals surface area contributed by atoms with E-state index in [2.05, 4.69) is 15.9 Å². The first kappa shape index (κ1) is 20.6. The largest absolute Gasteiger partial charge is 0.496 e. The van der Waals surface area contributed by atoms with Crippen LogP contribution < -0.4 is 14.2 Å². The Morgan fingerprint density at radius 1 is 1.10 bits per heavy atom. The number of benzene rings is 3. The van der Waals surface area contributed by atoms with Crippen LogP contribution in [0.5, 0.6) is 17.2 Å². The summed E-state index contributed by atoms with van der Waals surface area (Å²) in [5, 5.41) is 10.7. The molecule has 7 nitrogen and oxygen atoms in total. The Labute approximate surface area is 186 Å². The van der Waals surface area contributed by atoms with E-state index in [0.29, 0.717) is 28.4 Å². The molecule has 156 valence electrons. The third-order valence-electron chi connectivity index (χ3n) is 4.67. The Bertz CT molecular complexity index is 1200. The Morgan fingerprint density at radius 3 is 2.58 bits per heavy atom. The maximum Gasteiger partial charge on any atom is 0.269 e. The summed E-state index contributed by atoms with van der Waals surface area (Å²) in [5.41, 5.74) is 1.96. The molecule has 1 aliphatic heterocycles. The van der Waals surface area contributed by atoms with Crippen LogP contribution in [0.2, 0.25) is 0 Å². The Morgan fingerprint density at radius 2 is 1.87 bits per heavy atom. The van der Waals surface area contributed by atoms with Gasteiger partial charge in [-0.05, 0) is 54.1 Å². The molecule has 3 aromatic carbocycles. The van der Waals surface area contributed by atoms with Crippen molar-refractivity contribution < 1.29 is 23.9 Å². The molecule has 0 N–H and O–H groups in total. The maximum atomic E-state index is 12.7. The molecule has 8 heteroatoms. The van der Waals surface area contributed by atoms with Gasteiger partial charge in [0, 0.05) is 28.2 Å². The Balaban J connectivity index is 1.50. The highest BCUT2D eigenvalue weighted by Gasteiger charge is 2.28. The molecule has 4 rings (SSSR count). The number of nitrogens with zero attached hydrogens (tertiary/aromatic N) is 1. The molecule has 0 atom stereocenters. The second kappa shape index (κ2) is 8.61. The number of hydrogen-bond acceptors (Lipinski definition) is 6. The summed E-state index contributed by atoms with van der Waals surface area (Å²) in [6.07, 6.45) is 1.64. The molecule has 0 saturated carbocycles. The number of ketones is 1. The fraction of sp³-hybridized carbons (Fsp3) is 0.0870. The van der Waals surface area contributed by atoms with Crippen molar-refractivity contribution in [3.05, 3.63) is 97.7 Å². The van der Waals surface area contributed by atoms with Crippen molar-refractivity contribution >= 4 is 33.5 Å². The van der Waals surface area contributed by atoms with Gasteiger partial charge in [0.05, 0.1) is 17.6 Å². The lowest BCUT2D eigenvalue weighted by Crippen LogP contribution is -1.99. The summed E-state index contributed by atoms with van der Waals surface area (Å²) in [6, 6.07) is 16.6. The van der Waals surface area contributed by atoms with Crippen LogP contribution in [-0.2, 0) is 6.61 Å². The van der Waals surface area contributed by atoms with Crippen molar-refractivity contribution in [3.8, 4) is 17.2 Å². The van der Waals surface area contributed by atoms with E-state index in [1.165, 1.54) is 12.1 Å². The first-order chi connectivity index (χ1) is 14.9. The lowest BCUT2D eigenvalue weighted by molar-refractivity contribution is -0.384. The standard InChI is InChI=1S/C23H16BrNO6/c1-29-20-9-4-16(24)10-15(20)11-22-23(26)19-8-7-18(12-21(19)31-22)30-13-14-2-5-17(6-3-14)25(27)28/h2-12H,13H2,1H3. The molecule has 0 fully saturated rings. The molecule has 0 aliphatic carbocycles. The lowest BCUT2D eigenvalue weighted by Gasteiger charge is -2.07. The molecule has 0 saturated heterocycles. The lowest BCUT2D eigenvalue weighted by atomic mass is 10.1. The number of carbonyl (C=O) groups is 1. The van der Waals surface area contributed by atoms with Gasteiger partial charge in [-0.3, -0.25) is 14.9 Å². The molecule has 1 heterocycles. The summed E-state index contributed by atoms with van der Waals surface area (Å²) in [6.45, 7) is 0.225. The molecule has 0 unspecified atom stereocenters. The number of methoxy groups -OCH3 is 1. The molecule has 0 aromatic heterocycles. The minimum absolute atomic E-state index is 0.0228. The van der Waals surface area contributed by atoms with Crippen molar-refractivity contribution in [2.75, 3.05) is 7.11 Å². The van der Waals surface area contributed by atoms with E-state index >= 15 is 0 Å². The second-order valence-corrected chi connectivity index (χ2v) is 7.61. The predicted molar refractivity (Wildman–Crippen MR) is 117 cm³/mol. The van der Waals surface area contributed by atoms with Crippen molar-refractivity contribution in [2.45, 2.75) is 6.61 Å². The normalized spacial score (nSPS) is 13.6. The molecular weight excluding hydrogens is 466 g/mol. The van der Waals surface area contributed by atoms with Gasteiger partial charge in [-0.2, -0.15) is 0 Å². The van der Waals surface area contributed by atoms with Crippen molar-refractivity contribution in [1.82, 2.24) is 0 Å². The number of nitro groups is 1. The first-order valence-corrected chi connectivity index (χ1v) is 10.0. The summed E-state index contributed by atoms with van der Waals surface area (Å²) in [5.74, 6) is 1.52. The number of rotatable bonds is 6. The topological polar surface area (TPSA) is 87.9 Å². The van der Waals surface area contributed by atoms with Gasteiger partial charge in [0.2, 0.25) is 5.78 Å². The Kier molecular flexibility index (Phi) is 5.73. The van der Waals surface area contributed by atoms with Crippen LogP contribution in [0.15, 0.2) is 70.9 Å². The number of Topliss-reactive ketones (excluding diaryl/α,β-unsaturated/α-hetero) is 1. The summed E-state index contributed by atoms with van der Waals surface area (Å²) < 4.78 is 17.7. The second-order valence-electron chi connectivity index (χ2n) is 6.70. The number of nitro benzene ring substituents is 1. The molecule has 0 bridgehead atoms. The maximum absolute atomic E-state index is 12.7. The highest BCUT2D eigenvalue weighted by Crippen LogP contribution is 2.36. The van der Waals surface area contributed by atoms with Crippen LogP contribution in [0.1, 0.15) is 21.5 Å². The van der Waals surface area contributed by atoms with Gasteiger partial charge in [0.25, 0.3) is 5.69 Å². The summed E-state index contributed by atoms with van der Waals surface area (Å²) in [4.78, 5) is 23.0. The monoisotopic (exact) mass is 481 g/mol. The third kappa shape index (κ3) is 4.44. The van der Waals surface area contributed by atoms with E-state index < -0.39 is 4.92 Å². The number of ether oxygens (including phenoxy) is 3. The first-order valence-electron chi connectivity index (χ1n) is 9.22. The molecule has 0 amide bonds. The average molecular weight is 482 g/mol. The van der Waals surface area contributed by atoms with Crippen LogP contribution in [0.3, 0.4) is 0 Å². The molecule has 31 heavy (non-hydrogen) atoms. The van der Waals surface area contributed by atoms with Gasteiger partial charge in [-0.15, -0.1) is 0 Å². The van der Waals surface area contributed by atoms with E-state index in [1.54, 1.807) is 49.6 Å². The fourth-order valence-corrected chi connectivity index (χ4v) is 3.48. The predicted octanol–water partition coefficient (Wildman–Crippen LogP) is 5.56. The van der Waals surface area contributed by atoms with Gasteiger partial charge < -0.3 is 14.2 Å². The number of non-ortho nitro benzene ring substituents is 1. The van der Waals surface area contributed by atoms with E-state index in [1.807, 2.05) is 12.1 Å². The van der Waals surface area contributed by atoms with E-state index in [4.69, 9.17) is 14.2 Å². The van der Waals surface area contributed by atoms with E-state index in [-0.39, 0.29) is 23.8 Å². The van der Waals surface area contributed by atoms with Crippen molar-refractivity contribution in [1.29, 1.82) is 0 Å². The van der Waals surface area contributed by atoms with Crippen molar-refractivity contribution in [2.24, 2.45) is 0 Å². The van der Waals surface area contributed by atoms with Crippen LogP contribution in [0, 0.1) is 10.1 Å². The quantitative estimate of drug-likeness (QED) is 0.260. The smallest absolute Gasteiger partial charge is 0.269 e. The van der Waals surface area contributed by atoms with E-state index in [0.717, 1.165) is 10.0 Å². The highest BCUT2D eigenvalue weighted by molar-refractivity contribution is 9.10. The molecule has 1 aliphatic rings. The van der Waals surface area contributed by atoms with E-state index in [9.17, 15) is 14.9 Å². The van der Waals surface area contributed by atoms with Crippen molar-refractivity contribution in [3.63, 3.8) is 0 Å². The van der Waals surface area contributed by atoms with Crippen LogP contribution in [0.4, 0.5) is 5.69 Å². The molecule has 0 radical (unpaired) electrons. The number of fused-ring (bicyclic) bond motifs is 1. The molecule has 3 aromatic rings. The van der Waals surface area contributed by atoms with Gasteiger partial charge in [0.15, 0.2) is 5.76 Å². The number of allylic oxidation sites excluding steroid dienone is 1. The number of hydrogen-bond donors (Lipinski definition) is 0. The third-order valence-corrected chi connectivity index (χ3v) is 5.17. The minimum Gasteiger partial charge on any atom is -0.496 e.